The summed E-state index contributed by atoms with van der Waals surface area (Å²) in [4.78, 5) is 16.4. The smallest absolute Gasteiger partial charge is 0.343 e. The first-order chi connectivity index (χ1) is 17.9. The molecule has 0 saturated heterocycles. The van der Waals surface area contributed by atoms with Crippen LogP contribution in [0.3, 0.4) is 0 Å². The number of rotatable bonds is 7. The van der Waals surface area contributed by atoms with E-state index in [4.69, 9.17) is 14.2 Å². The van der Waals surface area contributed by atoms with Crippen LogP contribution in [0, 0.1) is 18.2 Å². The summed E-state index contributed by atoms with van der Waals surface area (Å²) < 4.78 is 31.0. The number of aromatic nitrogens is 1. The van der Waals surface area contributed by atoms with E-state index in [0.717, 1.165) is 5.56 Å². The molecule has 200 valence electrons. The molecule has 1 heterocycles. The van der Waals surface area contributed by atoms with E-state index in [1.807, 2.05) is 13.8 Å². The highest BCUT2D eigenvalue weighted by atomic mass is 19.1. The molecule has 1 aromatic heterocycles. The number of hydrogen-bond acceptors (Lipinski definition) is 7. The van der Waals surface area contributed by atoms with Gasteiger partial charge >= 0.3 is 5.97 Å². The number of hydrogen-bond donors (Lipinski definition) is 2. The van der Waals surface area contributed by atoms with Crippen molar-refractivity contribution in [3.8, 4) is 17.2 Å². The second-order valence-corrected chi connectivity index (χ2v) is 10.4. The molecular formula is C30H32FNO6. The van der Waals surface area contributed by atoms with Crippen molar-refractivity contribution in [3.63, 3.8) is 0 Å². The standard InChI is InChI=1S/C30H32FNO6/c1-18-6-7-20(31)14-24(18)37-16-23-26(27(33)29(2,3)17-30(23,4)35)22-9-8-21(15-25(22)36-5)38-28(34)19-10-12-32-13-11-19/h6-15,27,33,35H,16-17H2,1-5H3. The summed E-state index contributed by atoms with van der Waals surface area (Å²) in [5, 5.41) is 23.0. The van der Waals surface area contributed by atoms with Gasteiger partial charge in [-0.05, 0) is 67.2 Å². The van der Waals surface area contributed by atoms with Gasteiger partial charge in [0.1, 0.15) is 29.7 Å². The van der Waals surface area contributed by atoms with E-state index in [1.54, 1.807) is 50.2 Å². The molecular weight excluding hydrogens is 489 g/mol. The Labute approximate surface area is 221 Å². The van der Waals surface area contributed by atoms with Gasteiger partial charge in [-0.3, -0.25) is 4.98 Å². The van der Waals surface area contributed by atoms with Crippen LogP contribution >= 0.6 is 0 Å². The highest BCUT2D eigenvalue weighted by Gasteiger charge is 2.47. The number of esters is 1. The molecule has 3 aromatic rings. The largest absolute Gasteiger partial charge is 0.496 e. The van der Waals surface area contributed by atoms with Crippen molar-refractivity contribution in [2.45, 2.75) is 45.8 Å². The maximum Gasteiger partial charge on any atom is 0.343 e. The first-order valence-corrected chi connectivity index (χ1v) is 12.3. The number of carbonyl (C=O) groups excluding carboxylic acids is 1. The Morgan fingerprint density at radius 3 is 2.47 bits per heavy atom. The lowest BCUT2D eigenvalue weighted by atomic mass is 9.64. The quantitative estimate of drug-likeness (QED) is 0.329. The van der Waals surface area contributed by atoms with Crippen LogP contribution in [0.4, 0.5) is 4.39 Å². The van der Waals surface area contributed by atoms with Gasteiger partial charge in [-0.2, -0.15) is 0 Å². The summed E-state index contributed by atoms with van der Waals surface area (Å²) in [6, 6.07) is 12.2. The zero-order chi connectivity index (χ0) is 27.7. The summed E-state index contributed by atoms with van der Waals surface area (Å²) in [5.74, 6) is -0.0560. The molecule has 2 atom stereocenters. The van der Waals surface area contributed by atoms with Gasteiger partial charge < -0.3 is 24.4 Å². The first kappa shape index (κ1) is 27.3. The summed E-state index contributed by atoms with van der Waals surface area (Å²) in [6.07, 6.45) is 2.30. The Balaban J connectivity index is 1.76. The van der Waals surface area contributed by atoms with Crippen molar-refractivity contribution in [2.24, 2.45) is 5.41 Å². The number of aliphatic hydroxyl groups excluding tert-OH is 1. The van der Waals surface area contributed by atoms with Crippen LogP contribution in [-0.4, -0.2) is 46.6 Å². The first-order valence-electron chi connectivity index (χ1n) is 12.3. The fraction of sp³-hybridized carbons (Fsp3) is 0.333. The molecule has 8 heteroatoms. The average Bonchev–Trinajstić information content (AvgIpc) is 2.87. The molecule has 0 radical (unpaired) electrons. The molecule has 1 aliphatic carbocycles. The van der Waals surface area contributed by atoms with E-state index in [0.29, 0.717) is 33.8 Å². The van der Waals surface area contributed by atoms with E-state index in [1.165, 1.54) is 31.6 Å². The van der Waals surface area contributed by atoms with Crippen molar-refractivity contribution < 1.29 is 33.6 Å². The summed E-state index contributed by atoms with van der Waals surface area (Å²) >= 11 is 0. The summed E-state index contributed by atoms with van der Waals surface area (Å²) in [5.41, 5.74) is 0.482. The van der Waals surface area contributed by atoms with Crippen LogP contribution in [0.25, 0.3) is 5.57 Å². The monoisotopic (exact) mass is 521 g/mol. The Hall–Kier alpha value is -3.75. The van der Waals surface area contributed by atoms with Crippen molar-refractivity contribution in [3.05, 3.63) is 89.0 Å². The molecule has 0 aliphatic heterocycles. The van der Waals surface area contributed by atoms with Crippen LogP contribution in [0.1, 0.15) is 48.7 Å². The van der Waals surface area contributed by atoms with Crippen molar-refractivity contribution in [1.82, 2.24) is 4.98 Å². The lowest BCUT2D eigenvalue weighted by Crippen LogP contribution is -2.47. The predicted molar refractivity (Wildman–Crippen MR) is 141 cm³/mol. The van der Waals surface area contributed by atoms with E-state index < -0.39 is 28.9 Å². The molecule has 2 N–H and O–H groups in total. The Morgan fingerprint density at radius 1 is 1.08 bits per heavy atom. The Kier molecular flexibility index (Phi) is 7.58. The van der Waals surface area contributed by atoms with Crippen LogP contribution in [0.5, 0.6) is 17.2 Å². The minimum Gasteiger partial charge on any atom is -0.496 e. The Morgan fingerprint density at radius 2 is 1.79 bits per heavy atom. The zero-order valence-electron chi connectivity index (χ0n) is 22.1. The molecule has 7 nitrogen and oxygen atoms in total. The van der Waals surface area contributed by atoms with Gasteiger partial charge in [0, 0.05) is 35.7 Å². The van der Waals surface area contributed by atoms with Crippen molar-refractivity contribution >= 4 is 11.5 Å². The normalized spacial score (nSPS) is 20.7. The minimum atomic E-state index is -1.34. The second-order valence-electron chi connectivity index (χ2n) is 10.4. The van der Waals surface area contributed by atoms with Gasteiger partial charge in [0.25, 0.3) is 0 Å². The summed E-state index contributed by atoms with van der Waals surface area (Å²) in [7, 11) is 1.47. The lowest BCUT2D eigenvalue weighted by molar-refractivity contribution is -0.0159. The van der Waals surface area contributed by atoms with Crippen molar-refractivity contribution in [2.75, 3.05) is 13.7 Å². The lowest BCUT2D eigenvalue weighted by Gasteiger charge is -2.46. The van der Waals surface area contributed by atoms with Crippen molar-refractivity contribution in [1.29, 1.82) is 0 Å². The van der Waals surface area contributed by atoms with E-state index in [-0.39, 0.29) is 18.8 Å². The number of pyridine rings is 1. The Bertz CT molecular complexity index is 1370. The van der Waals surface area contributed by atoms with Gasteiger partial charge in [0.05, 0.1) is 24.4 Å². The zero-order valence-corrected chi connectivity index (χ0v) is 22.1. The van der Waals surface area contributed by atoms with E-state index in [9.17, 15) is 19.4 Å². The number of aryl methyl sites for hydroxylation is 1. The van der Waals surface area contributed by atoms with Crippen LogP contribution in [-0.2, 0) is 0 Å². The van der Waals surface area contributed by atoms with Gasteiger partial charge in [-0.25, -0.2) is 9.18 Å². The number of ether oxygens (including phenoxy) is 3. The molecule has 0 fully saturated rings. The fourth-order valence-corrected chi connectivity index (χ4v) is 4.97. The molecule has 0 amide bonds. The predicted octanol–water partition coefficient (Wildman–Crippen LogP) is 5.13. The second kappa shape index (κ2) is 10.6. The minimum absolute atomic E-state index is 0.0816. The SMILES string of the molecule is COc1cc(OC(=O)c2ccncc2)ccc1C1=C(COc2cc(F)ccc2C)C(C)(O)CC(C)(C)C1O. The number of methoxy groups -OCH3 is 1. The fourth-order valence-electron chi connectivity index (χ4n) is 4.97. The maximum atomic E-state index is 13.9. The third-order valence-corrected chi connectivity index (χ3v) is 6.90. The van der Waals surface area contributed by atoms with E-state index in [2.05, 4.69) is 4.98 Å². The molecule has 1 aliphatic rings. The van der Waals surface area contributed by atoms with Gasteiger partial charge in [0.2, 0.25) is 0 Å². The number of carbonyl (C=O) groups is 1. The molecule has 4 rings (SSSR count). The summed E-state index contributed by atoms with van der Waals surface area (Å²) in [6.45, 7) is 7.14. The molecule has 0 bridgehead atoms. The van der Waals surface area contributed by atoms with Gasteiger partial charge in [-0.15, -0.1) is 0 Å². The molecule has 0 saturated carbocycles. The number of nitrogens with zero attached hydrogens (tertiary/aromatic N) is 1. The molecule has 2 unspecified atom stereocenters. The van der Waals surface area contributed by atoms with Gasteiger partial charge in [0.15, 0.2) is 0 Å². The molecule has 2 aromatic carbocycles. The van der Waals surface area contributed by atoms with Crippen LogP contribution in [0.15, 0.2) is 66.5 Å². The number of benzene rings is 2. The topological polar surface area (TPSA) is 98.1 Å². The molecule has 38 heavy (non-hydrogen) atoms. The highest BCUT2D eigenvalue weighted by molar-refractivity contribution is 5.91. The molecule has 0 spiro atoms. The third-order valence-electron chi connectivity index (χ3n) is 6.90. The van der Waals surface area contributed by atoms with Crippen LogP contribution in [0.2, 0.25) is 0 Å². The highest BCUT2D eigenvalue weighted by Crippen LogP contribution is 2.50. The number of aliphatic hydroxyl groups is 2. The third kappa shape index (κ3) is 5.56. The number of halogens is 1. The maximum absolute atomic E-state index is 13.9. The van der Waals surface area contributed by atoms with Crippen LogP contribution < -0.4 is 14.2 Å². The average molecular weight is 522 g/mol. The van der Waals surface area contributed by atoms with E-state index >= 15 is 0 Å². The van der Waals surface area contributed by atoms with Gasteiger partial charge in [-0.1, -0.05) is 19.9 Å².